The maximum Gasteiger partial charge on any atom is 0.334 e. The maximum absolute atomic E-state index is 13.7. The molecule has 0 unspecified atom stereocenters. The van der Waals surface area contributed by atoms with Crippen LogP contribution in [0.4, 0.5) is 4.79 Å². The summed E-state index contributed by atoms with van der Waals surface area (Å²) >= 11 is 0. The highest BCUT2D eigenvalue weighted by atomic mass is 16.5. The number of ether oxygens (including phenoxy) is 2. The molecule has 3 amide bonds. The van der Waals surface area contributed by atoms with Gasteiger partial charge in [0.1, 0.15) is 29.2 Å². The number of allylic oxidation sites excluding steroid dienone is 1. The summed E-state index contributed by atoms with van der Waals surface area (Å²) in [6.45, 7) is 0.442. The van der Waals surface area contributed by atoms with Gasteiger partial charge in [0, 0.05) is 42.0 Å². The number of rotatable bonds is 5. The minimum absolute atomic E-state index is 0.106. The van der Waals surface area contributed by atoms with Crippen molar-refractivity contribution in [3.63, 3.8) is 0 Å². The number of urea groups is 1. The standard InChI is InChI=1S/C32H35N5O6/c1-42-22-12-13-24-26(15-22)34-25(20-9-5-4-6-10-20)17-28(24)43-23-16-27-29(38)35-32(30(39)40)18-21(32)11-7-2-3-8-14-37(33)31(41)36(27)19-23/h4-7,9-13,15,17,21,23,27H,2-3,8,14,16,18-19,33H2,1H3,(H,35,38)(H,39,40)/b11-7-/t21-,23-,27+,32-/m1/s1. The molecular formula is C32H35N5O6. The van der Waals surface area contributed by atoms with Crippen LogP contribution >= 0.6 is 0 Å². The van der Waals surface area contributed by atoms with Gasteiger partial charge in [0.25, 0.3) is 0 Å². The largest absolute Gasteiger partial charge is 0.497 e. The molecule has 0 radical (unpaired) electrons. The van der Waals surface area contributed by atoms with E-state index in [1.807, 2.05) is 66.7 Å². The second kappa shape index (κ2) is 11.6. The normalized spacial score (nSPS) is 26.6. The van der Waals surface area contributed by atoms with Crippen LogP contribution in [-0.4, -0.2) is 75.8 Å². The van der Waals surface area contributed by atoms with Crippen molar-refractivity contribution in [2.45, 2.75) is 49.8 Å². The maximum atomic E-state index is 13.7. The van der Waals surface area contributed by atoms with Crippen LogP contribution in [0.5, 0.6) is 11.5 Å². The number of fused-ring (bicyclic) bond motifs is 3. The summed E-state index contributed by atoms with van der Waals surface area (Å²) in [7, 11) is 1.59. The van der Waals surface area contributed by atoms with Gasteiger partial charge in [0.05, 0.1) is 24.9 Å². The van der Waals surface area contributed by atoms with Gasteiger partial charge in [-0.25, -0.2) is 20.4 Å². The number of nitrogens with zero attached hydrogens (tertiary/aromatic N) is 3. The topological polar surface area (TPSA) is 147 Å². The fraction of sp³-hybridized carbons (Fsp3) is 0.375. The highest BCUT2D eigenvalue weighted by Gasteiger charge is 2.61. The van der Waals surface area contributed by atoms with Crippen LogP contribution in [0.1, 0.15) is 32.1 Å². The van der Waals surface area contributed by atoms with Crippen LogP contribution in [-0.2, 0) is 9.59 Å². The number of nitrogens with one attached hydrogen (secondary N) is 1. The summed E-state index contributed by atoms with van der Waals surface area (Å²) in [5.74, 6) is 5.45. The van der Waals surface area contributed by atoms with Crippen LogP contribution in [0.15, 0.2) is 66.7 Å². The van der Waals surface area contributed by atoms with Crippen molar-refractivity contribution in [2.24, 2.45) is 11.8 Å². The average Bonchev–Trinajstić information content (AvgIpc) is 3.55. The minimum Gasteiger partial charge on any atom is -0.497 e. The second-order valence-corrected chi connectivity index (χ2v) is 11.4. The van der Waals surface area contributed by atoms with Crippen LogP contribution in [0.3, 0.4) is 0 Å². The van der Waals surface area contributed by atoms with Crippen LogP contribution < -0.4 is 20.6 Å². The lowest BCUT2D eigenvalue weighted by atomic mass is 10.1. The number of hydrogen-bond acceptors (Lipinski definition) is 7. The summed E-state index contributed by atoms with van der Waals surface area (Å²) in [6, 6.07) is 15.6. The number of carboxylic acid groups (broad SMARTS) is 1. The molecule has 1 saturated carbocycles. The number of pyridine rings is 1. The van der Waals surface area contributed by atoms with Gasteiger partial charge in [-0.1, -0.05) is 42.5 Å². The molecule has 1 saturated heterocycles. The number of nitrogens with two attached hydrogens (primary N) is 1. The highest BCUT2D eigenvalue weighted by molar-refractivity contribution is 5.95. The zero-order chi connectivity index (χ0) is 30.1. The SMILES string of the molecule is COc1ccc2c(O[C@@H]3C[C@H]4C(=O)N[C@]5(C(=O)O)C[C@H]5/C=C\CCCCN(N)C(=O)N4C3)cc(-c3ccccc3)nc2c1. The summed E-state index contributed by atoms with van der Waals surface area (Å²) in [5, 5.41) is 14.7. The second-order valence-electron chi connectivity index (χ2n) is 11.4. The molecule has 3 heterocycles. The van der Waals surface area contributed by atoms with E-state index in [1.165, 1.54) is 4.90 Å². The molecule has 4 atom stereocenters. The molecule has 0 bridgehead atoms. The number of benzene rings is 2. The van der Waals surface area contributed by atoms with Gasteiger partial charge in [-0.05, 0) is 37.8 Å². The molecular weight excluding hydrogens is 550 g/mol. The van der Waals surface area contributed by atoms with Crippen molar-refractivity contribution in [1.29, 1.82) is 0 Å². The van der Waals surface area contributed by atoms with E-state index in [9.17, 15) is 19.5 Å². The Hall–Kier alpha value is -4.64. The lowest BCUT2D eigenvalue weighted by Crippen LogP contribution is -2.56. The number of aliphatic carboxylic acids is 1. The quantitative estimate of drug-likeness (QED) is 0.233. The van der Waals surface area contributed by atoms with E-state index in [1.54, 1.807) is 7.11 Å². The van der Waals surface area contributed by atoms with Gasteiger partial charge in [-0.15, -0.1) is 0 Å². The summed E-state index contributed by atoms with van der Waals surface area (Å²) < 4.78 is 12.0. The Labute approximate surface area is 249 Å². The molecule has 6 rings (SSSR count). The van der Waals surface area contributed by atoms with Gasteiger partial charge in [0.2, 0.25) is 5.91 Å². The Bertz CT molecular complexity index is 1580. The molecule has 4 N–H and O–H groups in total. The molecule has 43 heavy (non-hydrogen) atoms. The smallest absolute Gasteiger partial charge is 0.334 e. The zero-order valence-corrected chi connectivity index (χ0v) is 23.9. The number of carbonyl (C=O) groups excluding carboxylic acids is 2. The van der Waals surface area contributed by atoms with Crippen molar-refractivity contribution in [1.82, 2.24) is 20.2 Å². The van der Waals surface area contributed by atoms with Crippen molar-refractivity contribution in [3.05, 3.63) is 66.7 Å². The van der Waals surface area contributed by atoms with E-state index >= 15 is 0 Å². The Morgan fingerprint density at radius 2 is 1.95 bits per heavy atom. The van der Waals surface area contributed by atoms with Gasteiger partial charge in [-0.2, -0.15) is 0 Å². The van der Waals surface area contributed by atoms with Gasteiger partial charge < -0.3 is 24.8 Å². The first-order chi connectivity index (χ1) is 20.8. The van der Waals surface area contributed by atoms with E-state index in [0.29, 0.717) is 42.1 Å². The Balaban J connectivity index is 1.32. The third-order valence-electron chi connectivity index (χ3n) is 8.53. The Morgan fingerprint density at radius 1 is 1.14 bits per heavy atom. The molecule has 2 fully saturated rings. The molecule has 3 aliphatic rings. The molecule has 224 valence electrons. The molecule has 1 aliphatic carbocycles. The fourth-order valence-corrected chi connectivity index (χ4v) is 6.01. The first kappa shape index (κ1) is 28.5. The van der Waals surface area contributed by atoms with E-state index < -0.39 is 35.6 Å². The Kier molecular flexibility index (Phi) is 7.66. The third kappa shape index (κ3) is 5.60. The van der Waals surface area contributed by atoms with E-state index in [4.69, 9.17) is 20.3 Å². The summed E-state index contributed by atoms with van der Waals surface area (Å²) in [6.07, 6.45) is 5.95. The first-order valence-electron chi connectivity index (χ1n) is 14.5. The summed E-state index contributed by atoms with van der Waals surface area (Å²) in [5.41, 5.74) is 0.900. The molecule has 11 nitrogen and oxygen atoms in total. The van der Waals surface area contributed by atoms with Crippen molar-refractivity contribution in [3.8, 4) is 22.8 Å². The number of hydrogen-bond donors (Lipinski definition) is 3. The first-order valence-corrected chi connectivity index (χ1v) is 14.5. The lowest BCUT2D eigenvalue weighted by Gasteiger charge is -2.29. The summed E-state index contributed by atoms with van der Waals surface area (Å²) in [4.78, 5) is 45.6. The van der Waals surface area contributed by atoms with Gasteiger partial charge >= 0.3 is 12.0 Å². The number of aromatic nitrogens is 1. The number of amides is 3. The van der Waals surface area contributed by atoms with E-state index in [2.05, 4.69) is 5.32 Å². The lowest BCUT2D eigenvalue weighted by molar-refractivity contribution is -0.144. The zero-order valence-electron chi connectivity index (χ0n) is 23.9. The van der Waals surface area contributed by atoms with Crippen molar-refractivity contribution >= 4 is 28.8 Å². The van der Waals surface area contributed by atoms with Gasteiger partial charge in [0.15, 0.2) is 0 Å². The van der Waals surface area contributed by atoms with Gasteiger partial charge in [-0.3, -0.25) is 9.80 Å². The number of methoxy groups -OCH3 is 1. The average molecular weight is 586 g/mol. The Morgan fingerprint density at radius 3 is 2.72 bits per heavy atom. The molecule has 11 heteroatoms. The van der Waals surface area contributed by atoms with Crippen molar-refractivity contribution in [2.75, 3.05) is 20.2 Å². The predicted octanol–water partition coefficient (Wildman–Crippen LogP) is 3.73. The fourth-order valence-electron chi connectivity index (χ4n) is 6.01. The number of carbonyl (C=O) groups is 3. The van der Waals surface area contributed by atoms with Crippen LogP contribution in [0, 0.1) is 5.92 Å². The minimum atomic E-state index is -1.38. The molecule has 3 aromatic rings. The molecule has 2 aliphatic heterocycles. The number of carboxylic acids is 1. The predicted molar refractivity (Wildman–Crippen MR) is 159 cm³/mol. The molecule has 2 aromatic carbocycles. The monoisotopic (exact) mass is 585 g/mol. The van der Waals surface area contributed by atoms with Crippen molar-refractivity contribution < 1.29 is 29.0 Å². The van der Waals surface area contributed by atoms with E-state index in [-0.39, 0.29) is 18.9 Å². The van der Waals surface area contributed by atoms with Crippen LogP contribution in [0.2, 0.25) is 0 Å². The number of hydrazine groups is 1. The molecule has 0 spiro atoms. The highest BCUT2D eigenvalue weighted by Crippen LogP contribution is 2.45. The molecule has 1 aromatic heterocycles. The van der Waals surface area contributed by atoms with E-state index in [0.717, 1.165) is 28.8 Å². The van der Waals surface area contributed by atoms with Crippen LogP contribution in [0.25, 0.3) is 22.2 Å². The third-order valence-corrected chi connectivity index (χ3v) is 8.53.